The minimum absolute atomic E-state index is 1.18. The molecule has 12 heavy (non-hydrogen) atoms. The van der Waals surface area contributed by atoms with E-state index in [4.69, 9.17) is 0 Å². The van der Waals surface area contributed by atoms with Gasteiger partial charge in [0.1, 0.15) is 0 Å². The van der Waals surface area contributed by atoms with Gasteiger partial charge in [0.05, 0.1) is 0 Å². The van der Waals surface area contributed by atoms with E-state index in [9.17, 15) is 0 Å². The van der Waals surface area contributed by atoms with Gasteiger partial charge in [0.2, 0.25) is 0 Å². The predicted octanol–water partition coefficient (Wildman–Crippen LogP) is 1.67. The van der Waals surface area contributed by atoms with E-state index >= 15 is 0 Å². The molecule has 0 amide bonds. The van der Waals surface area contributed by atoms with Gasteiger partial charge in [0, 0.05) is 13.1 Å². The average Bonchev–Trinajstić information content (AvgIpc) is 2.13. The molecule has 2 nitrogen and oxygen atoms in total. The summed E-state index contributed by atoms with van der Waals surface area (Å²) in [7, 11) is 0. The largest absolute Gasteiger partial charge is 0.303 e. The summed E-state index contributed by atoms with van der Waals surface area (Å²) in [4.78, 5) is 4.94. The van der Waals surface area contributed by atoms with E-state index in [1.54, 1.807) is 0 Å². The van der Waals surface area contributed by atoms with Crippen molar-refractivity contribution < 1.29 is 0 Å². The van der Waals surface area contributed by atoms with Crippen LogP contribution >= 0.6 is 0 Å². The van der Waals surface area contributed by atoms with Gasteiger partial charge < -0.3 is 9.80 Å². The third-order valence-electron chi connectivity index (χ3n) is 2.52. The summed E-state index contributed by atoms with van der Waals surface area (Å²) in [6.07, 6.45) is 0. The van der Waals surface area contributed by atoms with Crippen LogP contribution in [0.15, 0.2) is 0 Å². The van der Waals surface area contributed by atoms with Crippen LogP contribution in [-0.4, -0.2) is 49.1 Å². The third-order valence-corrected chi connectivity index (χ3v) is 2.52. The van der Waals surface area contributed by atoms with Crippen LogP contribution in [0.4, 0.5) is 0 Å². The van der Waals surface area contributed by atoms with Crippen LogP contribution in [0.2, 0.25) is 0 Å². The van der Waals surface area contributed by atoms with Crippen molar-refractivity contribution in [2.45, 2.75) is 27.7 Å². The van der Waals surface area contributed by atoms with Gasteiger partial charge in [-0.25, -0.2) is 0 Å². The van der Waals surface area contributed by atoms with Crippen molar-refractivity contribution in [1.82, 2.24) is 9.80 Å². The van der Waals surface area contributed by atoms with Gasteiger partial charge in [0.25, 0.3) is 0 Å². The summed E-state index contributed by atoms with van der Waals surface area (Å²) in [5.41, 5.74) is 0. The van der Waals surface area contributed by atoms with Crippen LogP contribution in [0.5, 0.6) is 0 Å². The van der Waals surface area contributed by atoms with E-state index in [1.807, 2.05) is 0 Å². The Hall–Kier alpha value is -0.0800. The molecule has 0 unspecified atom stereocenters. The van der Waals surface area contributed by atoms with Crippen LogP contribution in [0, 0.1) is 0 Å². The maximum atomic E-state index is 2.47. The summed E-state index contributed by atoms with van der Waals surface area (Å²) in [5.74, 6) is 0. The second kappa shape index (κ2) is 7.56. The van der Waals surface area contributed by atoms with Gasteiger partial charge >= 0.3 is 0 Å². The molecule has 0 N–H and O–H groups in total. The molecule has 0 radical (unpaired) electrons. The number of rotatable bonds is 7. The first kappa shape index (κ1) is 11.9. The standard InChI is InChI=1S/C10H24N2/c1-5-11(6-2)9-10-12(7-3)8-4/h5-10H2,1-4H3. The summed E-state index contributed by atoms with van der Waals surface area (Å²) >= 11 is 0. The third kappa shape index (κ3) is 4.73. The maximum absolute atomic E-state index is 2.47. The first-order chi connectivity index (χ1) is 5.78. The summed E-state index contributed by atoms with van der Waals surface area (Å²) < 4.78 is 0. The second-order valence-corrected chi connectivity index (χ2v) is 3.05. The van der Waals surface area contributed by atoms with Crippen molar-refractivity contribution in [1.29, 1.82) is 0 Å². The highest BCUT2D eigenvalue weighted by molar-refractivity contribution is 4.58. The van der Waals surface area contributed by atoms with Crippen molar-refractivity contribution in [3.63, 3.8) is 0 Å². The lowest BCUT2D eigenvalue weighted by Gasteiger charge is -2.23. The molecule has 0 rings (SSSR count). The van der Waals surface area contributed by atoms with Crippen LogP contribution in [0.1, 0.15) is 27.7 Å². The van der Waals surface area contributed by atoms with Crippen molar-refractivity contribution in [2.24, 2.45) is 0 Å². The molecule has 0 aromatic heterocycles. The summed E-state index contributed by atoms with van der Waals surface area (Å²) in [5, 5.41) is 0. The van der Waals surface area contributed by atoms with E-state index in [-0.39, 0.29) is 0 Å². The molecular weight excluding hydrogens is 148 g/mol. The molecule has 0 heterocycles. The molecule has 0 aromatic rings. The zero-order valence-corrected chi connectivity index (χ0v) is 9.14. The highest BCUT2D eigenvalue weighted by atomic mass is 15.2. The van der Waals surface area contributed by atoms with Crippen LogP contribution < -0.4 is 0 Å². The average molecular weight is 172 g/mol. The molecular formula is C10H24N2. The van der Waals surface area contributed by atoms with Gasteiger partial charge in [-0.05, 0) is 26.2 Å². The maximum Gasteiger partial charge on any atom is 0.0109 e. The topological polar surface area (TPSA) is 6.48 Å². The molecule has 0 aliphatic carbocycles. The molecule has 0 saturated heterocycles. The highest BCUT2D eigenvalue weighted by Crippen LogP contribution is 1.90. The Morgan fingerprint density at radius 1 is 0.583 bits per heavy atom. The van der Waals surface area contributed by atoms with Gasteiger partial charge in [-0.15, -0.1) is 0 Å². The Balaban J connectivity index is 3.49. The number of hydrogen-bond acceptors (Lipinski definition) is 2. The van der Waals surface area contributed by atoms with E-state index in [0.717, 1.165) is 0 Å². The van der Waals surface area contributed by atoms with E-state index < -0.39 is 0 Å². The minimum Gasteiger partial charge on any atom is -0.303 e. The zero-order valence-electron chi connectivity index (χ0n) is 9.14. The second-order valence-electron chi connectivity index (χ2n) is 3.05. The Kier molecular flexibility index (Phi) is 7.51. The van der Waals surface area contributed by atoms with Gasteiger partial charge in [-0.1, -0.05) is 27.7 Å². The molecule has 0 spiro atoms. The number of likely N-dealkylation sites (N-methyl/N-ethyl adjacent to an activating group) is 2. The van der Waals surface area contributed by atoms with Gasteiger partial charge in [-0.2, -0.15) is 0 Å². The lowest BCUT2D eigenvalue weighted by Crippen LogP contribution is -2.34. The fourth-order valence-corrected chi connectivity index (χ4v) is 1.36. The summed E-state index contributed by atoms with van der Waals surface area (Å²) in [6, 6.07) is 0. The van der Waals surface area contributed by atoms with Crippen molar-refractivity contribution >= 4 is 0 Å². The molecule has 0 fully saturated rings. The first-order valence-electron chi connectivity index (χ1n) is 5.23. The normalized spacial score (nSPS) is 11.5. The molecule has 74 valence electrons. The monoisotopic (exact) mass is 172 g/mol. The van der Waals surface area contributed by atoms with Crippen molar-refractivity contribution in [3.8, 4) is 0 Å². The van der Waals surface area contributed by atoms with Crippen LogP contribution in [-0.2, 0) is 0 Å². The smallest absolute Gasteiger partial charge is 0.0109 e. The lowest BCUT2D eigenvalue weighted by molar-refractivity contribution is 0.227. The van der Waals surface area contributed by atoms with E-state index in [2.05, 4.69) is 37.5 Å². The predicted molar refractivity (Wildman–Crippen MR) is 55.6 cm³/mol. The fourth-order valence-electron chi connectivity index (χ4n) is 1.36. The van der Waals surface area contributed by atoms with E-state index in [0.29, 0.717) is 0 Å². The lowest BCUT2D eigenvalue weighted by atomic mass is 10.4. The number of hydrogen-bond donors (Lipinski definition) is 0. The molecule has 2 heteroatoms. The minimum atomic E-state index is 1.18. The Bertz CT molecular complexity index is 73.8. The molecule has 0 aromatic carbocycles. The van der Waals surface area contributed by atoms with E-state index in [1.165, 1.54) is 39.3 Å². The van der Waals surface area contributed by atoms with Gasteiger partial charge in [0.15, 0.2) is 0 Å². The Labute approximate surface area is 77.5 Å². The number of nitrogens with zero attached hydrogens (tertiary/aromatic N) is 2. The summed E-state index contributed by atoms with van der Waals surface area (Å²) in [6.45, 7) is 16.1. The fraction of sp³-hybridized carbons (Fsp3) is 1.00. The molecule has 0 saturated carbocycles. The Morgan fingerprint density at radius 3 is 1.00 bits per heavy atom. The SMILES string of the molecule is CCN(CC)CCN(CC)CC. The van der Waals surface area contributed by atoms with Gasteiger partial charge in [-0.3, -0.25) is 0 Å². The quantitative estimate of drug-likeness (QED) is 0.576. The van der Waals surface area contributed by atoms with Crippen LogP contribution in [0.3, 0.4) is 0 Å². The molecule has 0 aliphatic rings. The van der Waals surface area contributed by atoms with Crippen LogP contribution in [0.25, 0.3) is 0 Å². The molecule has 0 bridgehead atoms. The Morgan fingerprint density at radius 2 is 0.833 bits per heavy atom. The zero-order chi connectivity index (χ0) is 9.40. The molecule has 0 aliphatic heterocycles. The van der Waals surface area contributed by atoms with Crippen molar-refractivity contribution in [2.75, 3.05) is 39.3 Å². The molecule has 0 atom stereocenters. The highest BCUT2D eigenvalue weighted by Gasteiger charge is 2.02. The van der Waals surface area contributed by atoms with Crippen molar-refractivity contribution in [3.05, 3.63) is 0 Å². The first-order valence-corrected chi connectivity index (χ1v) is 5.23.